The smallest absolute Gasteiger partial charge is 0.237 e. The van der Waals surface area contributed by atoms with Gasteiger partial charge < -0.3 is 10.5 Å². The predicted octanol–water partition coefficient (Wildman–Crippen LogP) is 4.11. The highest BCUT2D eigenvalue weighted by atomic mass is 35.5. The molecule has 154 valence electrons. The zero-order valence-electron chi connectivity index (χ0n) is 17.2. The van der Waals surface area contributed by atoms with Gasteiger partial charge in [-0.25, -0.2) is 9.38 Å². The van der Waals surface area contributed by atoms with Crippen LogP contribution in [0.15, 0.2) is 41.4 Å². The van der Waals surface area contributed by atoms with Gasteiger partial charge in [-0.15, -0.1) is 0 Å². The van der Waals surface area contributed by atoms with Gasteiger partial charge in [0, 0.05) is 24.1 Å². The molecule has 1 aliphatic rings. The van der Waals surface area contributed by atoms with Gasteiger partial charge in [0.2, 0.25) is 5.91 Å². The molecular formula is C22H25ClFN3O2. The van der Waals surface area contributed by atoms with Gasteiger partial charge in [0.25, 0.3) is 0 Å². The molecule has 0 bridgehead atoms. The number of methoxy groups -OCH3 is 1. The third-order valence-corrected chi connectivity index (χ3v) is 6.17. The number of halogens is 2. The van der Waals surface area contributed by atoms with Crippen LogP contribution in [-0.4, -0.2) is 30.9 Å². The van der Waals surface area contributed by atoms with Crippen LogP contribution in [0.3, 0.4) is 0 Å². The normalized spacial score (nSPS) is 21.1. The molecule has 0 aliphatic carbocycles. The molecule has 1 atom stereocenters. The van der Waals surface area contributed by atoms with Crippen LogP contribution in [0.2, 0.25) is 5.02 Å². The first-order valence-corrected chi connectivity index (χ1v) is 9.64. The maximum Gasteiger partial charge on any atom is 0.237 e. The first kappa shape index (κ1) is 21.1. The molecule has 3 rings (SSSR count). The highest BCUT2D eigenvalue weighted by molar-refractivity contribution is 6.30. The Morgan fingerprint density at radius 1 is 1.21 bits per heavy atom. The Morgan fingerprint density at radius 3 is 2.55 bits per heavy atom. The molecule has 2 aromatic carbocycles. The van der Waals surface area contributed by atoms with Crippen LogP contribution < -0.4 is 10.5 Å². The lowest BCUT2D eigenvalue weighted by Gasteiger charge is -2.46. The molecule has 7 heteroatoms. The van der Waals surface area contributed by atoms with Crippen molar-refractivity contribution in [3.8, 4) is 5.75 Å². The van der Waals surface area contributed by atoms with E-state index in [4.69, 9.17) is 22.1 Å². The van der Waals surface area contributed by atoms with Crippen molar-refractivity contribution in [1.82, 2.24) is 4.90 Å². The zero-order chi connectivity index (χ0) is 21.6. The Morgan fingerprint density at radius 2 is 1.90 bits per heavy atom. The summed E-state index contributed by atoms with van der Waals surface area (Å²) in [5, 5.41) is 0.578. The maximum atomic E-state index is 15.0. The van der Waals surface area contributed by atoms with E-state index in [0.717, 1.165) is 11.1 Å². The summed E-state index contributed by atoms with van der Waals surface area (Å²) in [7, 11) is 3.15. The molecule has 0 fully saturated rings. The quantitative estimate of drug-likeness (QED) is 0.814. The first-order valence-electron chi connectivity index (χ1n) is 9.26. The van der Waals surface area contributed by atoms with Gasteiger partial charge >= 0.3 is 0 Å². The molecule has 1 heterocycles. The number of aliphatic imine (C=N–C) groups is 1. The highest BCUT2D eigenvalue weighted by Gasteiger charge is 2.53. The third kappa shape index (κ3) is 3.46. The van der Waals surface area contributed by atoms with Crippen LogP contribution in [-0.2, 0) is 16.8 Å². The highest BCUT2D eigenvalue weighted by Crippen LogP contribution is 2.47. The van der Waals surface area contributed by atoms with Gasteiger partial charge in [-0.3, -0.25) is 9.69 Å². The second kappa shape index (κ2) is 7.34. The number of guanidine groups is 1. The molecule has 0 saturated heterocycles. The minimum Gasteiger partial charge on any atom is -0.496 e. The lowest BCUT2D eigenvalue weighted by Crippen LogP contribution is -2.58. The van der Waals surface area contributed by atoms with Crippen molar-refractivity contribution in [1.29, 1.82) is 0 Å². The fourth-order valence-electron chi connectivity index (χ4n) is 3.71. The number of rotatable bonds is 4. The van der Waals surface area contributed by atoms with E-state index in [1.807, 2.05) is 6.07 Å². The van der Waals surface area contributed by atoms with Crippen molar-refractivity contribution in [2.75, 3.05) is 14.2 Å². The van der Waals surface area contributed by atoms with Crippen LogP contribution in [0.1, 0.15) is 37.5 Å². The summed E-state index contributed by atoms with van der Waals surface area (Å²) in [4.78, 5) is 18.7. The molecule has 0 unspecified atom stereocenters. The fourth-order valence-corrected chi connectivity index (χ4v) is 3.87. The Labute approximate surface area is 175 Å². The Balaban J connectivity index is 2.09. The molecule has 0 aromatic heterocycles. The van der Waals surface area contributed by atoms with Crippen molar-refractivity contribution in [2.24, 2.45) is 16.1 Å². The van der Waals surface area contributed by atoms with E-state index in [-0.39, 0.29) is 11.9 Å². The number of ether oxygens (including phenoxy) is 1. The number of carbonyl (C=O) groups is 1. The van der Waals surface area contributed by atoms with Crippen molar-refractivity contribution >= 4 is 23.5 Å². The number of nitrogens with zero attached hydrogens (tertiary/aromatic N) is 2. The molecule has 1 amide bonds. The number of nitrogens with two attached hydrogens (primary N) is 1. The van der Waals surface area contributed by atoms with E-state index in [9.17, 15) is 9.18 Å². The first-order chi connectivity index (χ1) is 13.5. The monoisotopic (exact) mass is 417 g/mol. The van der Waals surface area contributed by atoms with Crippen LogP contribution in [0.4, 0.5) is 4.39 Å². The van der Waals surface area contributed by atoms with Crippen LogP contribution in [0, 0.1) is 11.2 Å². The maximum absolute atomic E-state index is 15.0. The molecule has 5 nitrogen and oxygen atoms in total. The van der Waals surface area contributed by atoms with E-state index in [0.29, 0.717) is 22.8 Å². The molecule has 2 N–H and O–H groups in total. The number of hydrogen-bond donors (Lipinski definition) is 1. The number of amides is 1. The summed E-state index contributed by atoms with van der Waals surface area (Å²) in [6.07, 6.45) is 0.511. The molecule has 2 aromatic rings. The van der Waals surface area contributed by atoms with Crippen molar-refractivity contribution in [3.05, 3.63) is 63.9 Å². The number of hydrogen-bond acceptors (Lipinski definition) is 4. The van der Waals surface area contributed by atoms with Crippen LogP contribution >= 0.6 is 11.6 Å². The van der Waals surface area contributed by atoms with E-state index in [1.54, 1.807) is 59.2 Å². The second-order valence-electron chi connectivity index (χ2n) is 7.98. The summed E-state index contributed by atoms with van der Waals surface area (Å²) in [6.45, 7) is 5.27. The second-order valence-corrected chi connectivity index (χ2v) is 8.41. The van der Waals surface area contributed by atoms with E-state index in [1.165, 1.54) is 11.0 Å². The van der Waals surface area contributed by atoms with Crippen molar-refractivity contribution in [3.63, 3.8) is 0 Å². The van der Waals surface area contributed by atoms with Gasteiger partial charge in [-0.05, 0) is 50.1 Å². The molecule has 1 aliphatic heterocycles. The summed E-state index contributed by atoms with van der Waals surface area (Å²) < 4.78 is 20.4. The van der Waals surface area contributed by atoms with E-state index < -0.39 is 16.8 Å². The van der Waals surface area contributed by atoms with Crippen LogP contribution in [0.25, 0.3) is 0 Å². The summed E-state index contributed by atoms with van der Waals surface area (Å²) in [6, 6.07) is 10.3. The SMILES string of the molecule is COc1cc(Cl)ccc1Cc1ccc(F)c([C@@]2(C)N=C(N)N(C)C(=O)C2(C)C)c1. The van der Waals surface area contributed by atoms with Gasteiger partial charge in [0.15, 0.2) is 5.96 Å². The van der Waals surface area contributed by atoms with E-state index >= 15 is 0 Å². The van der Waals surface area contributed by atoms with Crippen molar-refractivity contribution in [2.45, 2.75) is 32.7 Å². The lowest BCUT2D eigenvalue weighted by atomic mass is 9.67. The average molecular weight is 418 g/mol. The molecule has 0 radical (unpaired) electrons. The number of carbonyl (C=O) groups excluding carboxylic acids is 1. The van der Waals surface area contributed by atoms with Gasteiger partial charge in [-0.1, -0.05) is 29.8 Å². The molecule has 0 spiro atoms. The molecular weight excluding hydrogens is 393 g/mol. The lowest BCUT2D eigenvalue weighted by molar-refractivity contribution is -0.140. The van der Waals surface area contributed by atoms with Crippen molar-refractivity contribution < 1.29 is 13.9 Å². The minimum absolute atomic E-state index is 0.0704. The molecule has 0 saturated carbocycles. The van der Waals surface area contributed by atoms with Gasteiger partial charge in [0.1, 0.15) is 17.1 Å². The predicted molar refractivity (Wildman–Crippen MR) is 113 cm³/mol. The summed E-state index contributed by atoms with van der Waals surface area (Å²) >= 11 is 6.04. The zero-order valence-corrected chi connectivity index (χ0v) is 18.0. The van der Waals surface area contributed by atoms with E-state index in [2.05, 4.69) is 4.99 Å². The third-order valence-electron chi connectivity index (χ3n) is 5.94. The Hall–Kier alpha value is -2.60. The Kier molecular flexibility index (Phi) is 5.34. The molecule has 29 heavy (non-hydrogen) atoms. The minimum atomic E-state index is -1.15. The Bertz CT molecular complexity index is 1010. The summed E-state index contributed by atoms with van der Waals surface area (Å²) in [5.74, 6) is 0.0885. The largest absolute Gasteiger partial charge is 0.496 e. The topological polar surface area (TPSA) is 67.9 Å². The van der Waals surface area contributed by atoms with Gasteiger partial charge in [0.05, 0.1) is 12.5 Å². The van der Waals surface area contributed by atoms with Gasteiger partial charge in [-0.2, -0.15) is 0 Å². The fraction of sp³-hybridized carbons (Fsp3) is 0.364. The summed E-state index contributed by atoms with van der Waals surface area (Å²) in [5.41, 5.74) is 5.95. The average Bonchev–Trinajstić information content (AvgIpc) is 2.68. The van der Waals surface area contributed by atoms with Crippen LogP contribution in [0.5, 0.6) is 5.75 Å². The number of benzene rings is 2. The standard InChI is InChI=1S/C22H25ClFN3O2/c1-21(2)19(28)27(4)20(25)26-22(21,3)16-11-13(6-9-17(16)24)10-14-7-8-15(23)12-18(14)29-5/h6-9,11-12H,10H2,1-5H3,(H2,25,26)/t22-/m1/s1.